The molecule has 3 heteroatoms. The minimum Gasteiger partial charge on any atom is -0.374 e. The van der Waals surface area contributed by atoms with Crippen molar-refractivity contribution < 1.29 is 9.47 Å². The molecule has 3 nitrogen and oxygen atoms in total. The molecule has 0 aromatic carbocycles. The van der Waals surface area contributed by atoms with E-state index < -0.39 is 0 Å². The van der Waals surface area contributed by atoms with Crippen LogP contribution in [0.2, 0.25) is 0 Å². The van der Waals surface area contributed by atoms with Crippen LogP contribution in [0.4, 0.5) is 0 Å². The molecule has 0 saturated heterocycles. The zero-order valence-corrected chi connectivity index (χ0v) is 11.7. The Morgan fingerprint density at radius 2 is 1.71 bits per heavy atom. The second kappa shape index (κ2) is 7.71. The topological polar surface area (TPSA) is 44.5 Å². The number of nitrogens with two attached hydrogens (primary N) is 1. The standard InChI is InChI=1S/C14H27NO2/c1-6-10-16-13(4,7-2)9-11-17-14(5,8-3)12-15/h1H,7-12,15H2,2-5H3. The Hall–Kier alpha value is -0.560. The molecule has 2 atom stereocenters. The van der Waals surface area contributed by atoms with Crippen LogP contribution in [0.15, 0.2) is 0 Å². The maximum atomic E-state index is 5.85. The van der Waals surface area contributed by atoms with Gasteiger partial charge in [-0.1, -0.05) is 19.8 Å². The van der Waals surface area contributed by atoms with Gasteiger partial charge in [0.15, 0.2) is 0 Å². The Morgan fingerprint density at radius 3 is 2.12 bits per heavy atom. The Labute approximate surface area is 106 Å². The van der Waals surface area contributed by atoms with E-state index in [1.165, 1.54) is 0 Å². The molecule has 0 aliphatic heterocycles. The van der Waals surface area contributed by atoms with E-state index in [1.807, 2.05) is 6.92 Å². The van der Waals surface area contributed by atoms with Crippen molar-refractivity contribution in [3.63, 3.8) is 0 Å². The van der Waals surface area contributed by atoms with Gasteiger partial charge in [0.25, 0.3) is 0 Å². The first-order valence-electron chi connectivity index (χ1n) is 6.36. The highest BCUT2D eigenvalue weighted by molar-refractivity contribution is 4.86. The second-order valence-corrected chi connectivity index (χ2v) is 4.90. The van der Waals surface area contributed by atoms with Gasteiger partial charge >= 0.3 is 0 Å². The fraction of sp³-hybridized carbons (Fsp3) is 0.857. The third-order valence-corrected chi connectivity index (χ3v) is 3.51. The first kappa shape index (κ1) is 16.4. The number of terminal acetylenes is 1. The maximum Gasteiger partial charge on any atom is 0.108 e. The lowest BCUT2D eigenvalue weighted by molar-refractivity contribution is -0.0774. The molecule has 2 N–H and O–H groups in total. The van der Waals surface area contributed by atoms with Gasteiger partial charge in [0.2, 0.25) is 0 Å². The fourth-order valence-electron chi connectivity index (χ4n) is 1.39. The molecule has 0 aliphatic rings. The highest BCUT2D eigenvalue weighted by Gasteiger charge is 2.25. The number of hydrogen-bond donors (Lipinski definition) is 1. The first-order chi connectivity index (χ1) is 7.95. The SMILES string of the molecule is C#CCOC(C)(CC)CCOC(C)(CC)CN. The average Bonchev–Trinajstić information content (AvgIpc) is 2.36. The van der Waals surface area contributed by atoms with Gasteiger partial charge in [-0.05, 0) is 33.1 Å². The number of ether oxygens (including phenoxy) is 2. The molecule has 0 rings (SSSR count). The predicted octanol–water partition coefficient (Wildman–Crippen LogP) is 2.34. The van der Waals surface area contributed by atoms with Crippen molar-refractivity contribution >= 4 is 0 Å². The molecular weight excluding hydrogens is 214 g/mol. The maximum absolute atomic E-state index is 5.85. The van der Waals surface area contributed by atoms with E-state index in [0.29, 0.717) is 19.8 Å². The van der Waals surface area contributed by atoms with Gasteiger partial charge in [-0.25, -0.2) is 0 Å². The molecule has 0 heterocycles. The summed E-state index contributed by atoms with van der Waals surface area (Å²) in [5, 5.41) is 0. The molecule has 0 amide bonds. The molecule has 100 valence electrons. The summed E-state index contributed by atoms with van der Waals surface area (Å²) >= 11 is 0. The Morgan fingerprint density at radius 1 is 1.12 bits per heavy atom. The van der Waals surface area contributed by atoms with E-state index in [0.717, 1.165) is 19.3 Å². The Bertz CT molecular complexity index is 243. The van der Waals surface area contributed by atoms with Gasteiger partial charge in [-0.3, -0.25) is 0 Å². The van der Waals surface area contributed by atoms with Crippen molar-refractivity contribution in [2.75, 3.05) is 19.8 Å². The highest BCUT2D eigenvalue weighted by atomic mass is 16.5. The zero-order chi connectivity index (χ0) is 13.4. The van der Waals surface area contributed by atoms with E-state index in [2.05, 4.69) is 26.7 Å². The van der Waals surface area contributed by atoms with Gasteiger partial charge in [-0.15, -0.1) is 6.42 Å². The molecule has 2 unspecified atom stereocenters. The summed E-state index contributed by atoms with van der Waals surface area (Å²) in [6, 6.07) is 0. The Kier molecular flexibility index (Phi) is 7.45. The molecule has 0 saturated carbocycles. The zero-order valence-electron chi connectivity index (χ0n) is 11.7. The van der Waals surface area contributed by atoms with Crippen molar-refractivity contribution in [1.29, 1.82) is 0 Å². The summed E-state index contributed by atoms with van der Waals surface area (Å²) in [5.74, 6) is 2.50. The van der Waals surface area contributed by atoms with Gasteiger partial charge in [-0.2, -0.15) is 0 Å². The quantitative estimate of drug-likeness (QED) is 0.630. The lowest BCUT2D eigenvalue weighted by Gasteiger charge is -2.31. The van der Waals surface area contributed by atoms with E-state index in [1.54, 1.807) is 0 Å². The van der Waals surface area contributed by atoms with Crippen molar-refractivity contribution in [1.82, 2.24) is 0 Å². The highest BCUT2D eigenvalue weighted by Crippen LogP contribution is 2.22. The lowest BCUT2D eigenvalue weighted by Crippen LogP contribution is -2.39. The van der Waals surface area contributed by atoms with Crippen molar-refractivity contribution in [2.45, 2.75) is 58.2 Å². The van der Waals surface area contributed by atoms with Gasteiger partial charge in [0.05, 0.1) is 17.8 Å². The monoisotopic (exact) mass is 241 g/mol. The molecule has 0 fully saturated rings. The molecule has 17 heavy (non-hydrogen) atoms. The average molecular weight is 241 g/mol. The van der Waals surface area contributed by atoms with Crippen LogP contribution in [0.25, 0.3) is 0 Å². The minimum absolute atomic E-state index is 0.199. The van der Waals surface area contributed by atoms with E-state index in [9.17, 15) is 0 Å². The molecule has 0 aromatic rings. The molecule has 0 bridgehead atoms. The summed E-state index contributed by atoms with van der Waals surface area (Å²) in [6.07, 6.45) is 7.88. The number of rotatable bonds is 9. The van der Waals surface area contributed by atoms with Crippen molar-refractivity contribution in [3.8, 4) is 12.3 Å². The summed E-state index contributed by atoms with van der Waals surface area (Å²) in [4.78, 5) is 0. The Balaban J connectivity index is 4.11. The summed E-state index contributed by atoms with van der Waals surface area (Å²) in [7, 11) is 0. The smallest absolute Gasteiger partial charge is 0.108 e. The summed E-state index contributed by atoms with van der Waals surface area (Å²) in [5.41, 5.74) is 5.28. The predicted molar refractivity (Wildman–Crippen MR) is 71.8 cm³/mol. The van der Waals surface area contributed by atoms with Crippen LogP contribution in [0.3, 0.4) is 0 Å². The van der Waals surface area contributed by atoms with Crippen LogP contribution in [0.5, 0.6) is 0 Å². The molecule has 0 radical (unpaired) electrons. The summed E-state index contributed by atoms with van der Waals surface area (Å²) < 4.78 is 11.5. The molecule has 0 aromatic heterocycles. The van der Waals surface area contributed by atoms with Crippen LogP contribution >= 0.6 is 0 Å². The largest absolute Gasteiger partial charge is 0.374 e. The van der Waals surface area contributed by atoms with Gasteiger partial charge < -0.3 is 15.2 Å². The van der Waals surface area contributed by atoms with Gasteiger partial charge in [0, 0.05) is 6.54 Å². The minimum atomic E-state index is -0.221. The van der Waals surface area contributed by atoms with E-state index in [4.69, 9.17) is 21.6 Å². The van der Waals surface area contributed by atoms with Crippen LogP contribution < -0.4 is 5.73 Å². The first-order valence-corrected chi connectivity index (χ1v) is 6.36. The van der Waals surface area contributed by atoms with Crippen LogP contribution in [-0.4, -0.2) is 31.0 Å². The molecule has 0 spiro atoms. The second-order valence-electron chi connectivity index (χ2n) is 4.90. The third-order valence-electron chi connectivity index (χ3n) is 3.51. The van der Waals surface area contributed by atoms with E-state index >= 15 is 0 Å². The summed E-state index contributed by atoms with van der Waals surface area (Å²) in [6.45, 7) is 9.83. The van der Waals surface area contributed by atoms with E-state index in [-0.39, 0.29) is 11.2 Å². The number of hydrogen-bond acceptors (Lipinski definition) is 3. The van der Waals surface area contributed by atoms with Crippen LogP contribution in [0.1, 0.15) is 47.0 Å². The van der Waals surface area contributed by atoms with Gasteiger partial charge in [0.1, 0.15) is 6.61 Å². The third kappa shape index (κ3) is 6.07. The lowest BCUT2D eigenvalue weighted by atomic mass is 9.98. The van der Waals surface area contributed by atoms with Crippen molar-refractivity contribution in [2.24, 2.45) is 5.73 Å². The molecular formula is C14H27NO2. The fourth-order valence-corrected chi connectivity index (χ4v) is 1.39. The van der Waals surface area contributed by atoms with Crippen LogP contribution in [-0.2, 0) is 9.47 Å². The van der Waals surface area contributed by atoms with Crippen molar-refractivity contribution in [3.05, 3.63) is 0 Å². The normalized spacial score (nSPS) is 18.1. The van der Waals surface area contributed by atoms with Crippen LogP contribution in [0, 0.1) is 12.3 Å². The molecule has 0 aliphatic carbocycles.